The van der Waals surface area contributed by atoms with E-state index in [2.05, 4.69) is 21.2 Å². The van der Waals surface area contributed by atoms with Gasteiger partial charge in [0.25, 0.3) is 0 Å². The molecule has 0 unspecified atom stereocenters. The van der Waals surface area contributed by atoms with Crippen LogP contribution in [0.4, 0.5) is 4.79 Å². The van der Waals surface area contributed by atoms with Gasteiger partial charge in [0.05, 0.1) is 0 Å². The summed E-state index contributed by atoms with van der Waals surface area (Å²) in [5.74, 6) is 0. The van der Waals surface area contributed by atoms with E-state index in [-0.39, 0.29) is 6.09 Å². The molecule has 0 aliphatic carbocycles. The van der Waals surface area contributed by atoms with Gasteiger partial charge in [-0.05, 0) is 38.8 Å². The molecule has 1 aromatic carbocycles. The molecule has 0 atom stereocenters. The van der Waals surface area contributed by atoms with Crippen LogP contribution in [-0.4, -0.2) is 18.2 Å². The number of hydrogen-bond acceptors (Lipinski definition) is 2. The number of amides is 1. The second kappa shape index (κ2) is 7.34. The van der Waals surface area contributed by atoms with Gasteiger partial charge in [-0.25, -0.2) is 4.79 Å². The van der Waals surface area contributed by atoms with Gasteiger partial charge in [0.15, 0.2) is 0 Å². The minimum absolute atomic E-state index is 0.373. The molecular weight excluding hydrogens is 306 g/mol. The van der Waals surface area contributed by atoms with Crippen LogP contribution in [0.15, 0.2) is 34.8 Å². The second-order valence-corrected chi connectivity index (χ2v) is 6.00. The molecule has 3 nitrogen and oxygen atoms in total. The third-order valence-electron chi connectivity index (χ3n) is 2.18. The summed E-state index contributed by atoms with van der Waals surface area (Å²) >= 11 is 3.48. The minimum atomic E-state index is -0.450. The largest absolute Gasteiger partial charge is 0.444 e. The summed E-state index contributed by atoms with van der Waals surface area (Å²) in [5, 5.41) is 2.72. The molecule has 1 aromatic rings. The van der Waals surface area contributed by atoms with Gasteiger partial charge in [-0.1, -0.05) is 46.3 Å². The van der Waals surface area contributed by atoms with Crippen molar-refractivity contribution in [3.05, 3.63) is 40.4 Å². The maximum absolute atomic E-state index is 11.4. The summed E-state index contributed by atoms with van der Waals surface area (Å²) in [7, 11) is 0. The van der Waals surface area contributed by atoms with Crippen LogP contribution in [0.25, 0.3) is 6.08 Å². The van der Waals surface area contributed by atoms with E-state index in [4.69, 9.17) is 4.74 Å². The van der Waals surface area contributed by atoms with E-state index in [9.17, 15) is 4.79 Å². The number of hydrogen-bond donors (Lipinski definition) is 1. The SMILES string of the molecule is CC(C)(C)OC(=O)NCCC=Cc1ccccc1Br. The van der Waals surface area contributed by atoms with Crippen LogP contribution in [0, 0.1) is 0 Å². The molecule has 0 radical (unpaired) electrons. The zero-order chi connectivity index (χ0) is 14.3. The van der Waals surface area contributed by atoms with E-state index in [0.717, 1.165) is 16.5 Å². The minimum Gasteiger partial charge on any atom is -0.444 e. The van der Waals surface area contributed by atoms with E-state index in [1.165, 1.54) is 0 Å². The summed E-state index contributed by atoms with van der Waals surface area (Å²) in [5.41, 5.74) is 0.675. The number of halogens is 1. The first kappa shape index (κ1) is 15.8. The van der Waals surface area contributed by atoms with E-state index in [1.54, 1.807) is 0 Å². The lowest BCUT2D eigenvalue weighted by molar-refractivity contribution is 0.0529. The zero-order valence-corrected chi connectivity index (χ0v) is 13.2. The lowest BCUT2D eigenvalue weighted by Crippen LogP contribution is -2.32. The third-order valence-corrected chi connectivity index (χ3v) is 2.90. The van der Waals surface area contributed by atoms with Gasteiger partial charge in [0.2, 0.25) is 0 Å². The fourth-order valence-electron chi connectivity index (χ4n) is 1.39. The number of benzene rings is 1. The predicted molar refractivity (Wildman–Crippen MR) is 82.0 cm³/mol. The van der Waals surface area contributed by atoms with Crippen molar-refractivity contribution in [2.45, 2.75) is 32.8 Å². The highest BCUT2D eigenvalue weighted by atomic mass is 79.9. The smallest absolute Gasteiger partial charge is 0.407 e. The number of nitrogens with one attached hydrogen (secondary N) is 1. The van der Waals surface area contributed by atoms with Crippen molar-refractivity contribution < 1.29 is 9.53 Å². The molecule has 0 aromatic heterocycles. The Morgan fingerprint density at radius 2 is 2.05 bits per heavy atom. The van der Waals surface area contributed by atoms with Crippen LogP contribution in [-0.2, 0) is 4.74 Å². The Labute approximate surface area is 123 Å². The standard InChI is InChI=1S/C15H20BrNO2/c1-15(2,3)19-14(18)17-11-7-6-9-12-8-4-5-10-13(12)16/h4-6,8-10H,7,11H2,1-3H3,(H,17,18). The first-order valence-electron chi connectivity index (χ1n) is 6.26. The highest BCUT2D eigenvalue weighted by Crippen LogP contribution is 2.17. The number of carbonyl (C=O) groups excluding carboxylic acids is 1. The van der Waals surface area contributed by atoms with E-state index < -0.39 is 5.60 Å². The van der Waals surface area contributed by atoms with Crippen molar-refractivity contribution in [2.24, 2.45) is 0 Å². The maximum Gasteiger partial charge on any atom is 0.407 e. The van der Waals surface area contributed by atoms with Crippen molar-refractivity contribution in [3.63, 3.8) is 0 Å². The molecule has 0 aliphatic rings. The summed E-state index contributed by atoms with van der Waals surface area (Å²) in [6.07, 6.45) is 4.45. The van der Waals surface area contributed by atoms with Gasteiger partial charge in [-0.3, -0.25) is 0 Å². The van der Waals surface area contributed by atoms with E-state index >= 15 is 0 Å². The lowest BCUT2D eigenvalue weighted by atomic mass is 10.2. The van der Waals surface area contributed by atoms with Crippen molar-refractivity contribution in [1.29, 1.82) is 0 Å². The van der Waals surface area contributed by atoms with E-state index in [1.807, 2.05) is 57.2 Å². The molecular formula is C15H20BrNO2. The van der Waals surface area contributed by atoms with Crippen LogP contribution in [0.1, 0.15) is 32.8 Å². The molecule has 0 spiro atoms. The fourth-order valence-corrected chi connectivity index (χ4v) is 1.81. The summed E-state index contributed by atoms with van der Waals surface area (Å²) < 4.78 is 6.20. The van der Waals surface area contributed by atoms with Gasteiger partial charge in [-0.15, -0.1) is 0 Å². The molecule has 0 aliphatic heterocycles. The quantitative estimate of drug-likeness (QED) is 0.834. The molecule has 1 rings (SSSR count). The van der Waals surface area contributed by atoms with Gasteiger partial charge in [0, 0.05) is 11.0 Å². The molecule has 104 valence electrons. The molecule has 0 fully saturated rings. The highest BCUT2D eigenvalue weighted by molar-refractivity contribution is 9.10. The first-order valence-corrected chi connectivity index (χ1v) is 7.06. The van der Waals surface area contributed by atoms with Gasteiger partial charge < -0.3 is 10.1 Å². The van der Waals surface area contributed by atoms with Gasteiger partial charge in [-0.2, -0.15) is 0 Å². The average Bonchev–Trinajstić information content (AvgIpc) is 2.28. The Morgan fingerprint density at radius 3 is 2.68 bits per heavy atom. The maximum atomic E-state index is 11.4. The van der Waals surface area contributed by atoms with Crippen LogP contribution in [0.5, 0.6) is 0 Å². The van der Waals surface area contributed by atoms with Gasteiger partial charge in [0.1, 0.15) is 5.60 Å². The molecule has 0 saturated carbocycles. The Morgan fingerprint density at radius 1 is 1.37 bits per heavy atom. The average molecular weight is 326 g/mol. The van der Waals surface area contributed by atoms with Crippen LogP contribution < -0.4 is 5.32 Å². The predicted octanol–water partition coefficient (Wildman–Crippen LogP) is 4.38. The molecule has 4 heteroatoms. The Hall–Kier alpha value is -1.29. The topological polar surface area (TPSA) is 38.3 Å². The molecule has 1 N–H and O–H groups in total. The summed E-state index contributed by atoms with van der Waals surface area (Å²) in [6, 6.07) is 8.00. The summed E-state index contributed by atoms with van der Waals surface area (Å²) in [6.45, 7) is 6.11. The second-order valence-electron chi connectivity index (χ2n) is 5.14. The van der Waals surface area contributed by atoms with E-state index in [0.29, 0.717) is 6.54 Å². The van der Waals surface area contributed by atoms with Crippen LogP contribution in [0.3, 0.4) is 0 Å². The molecule has 19 heavy (non-hydrogen) atoms. The Bertz CT molecular complexity index is 450. The number of carbonyl (C=O) groups is 1. The van der Waals surface area contributed by atoms with Gasteiger partial charge >= 0.3 is 6.09 Å². The first-order chi connectivity index (χ1) is 8.88. The molecule has 0 bridgehead atoms. The van der Waals surface area contributed by atoms with Crippen LogP contribution in [0.2, 0.25) is 0 Å². The van der Waals surface area contributed by atoms with Crippen molar-refractivity contribution in [1.82, 2.24) is 5.32 Å². The Balaban J connectivity index is 2.28. The summed E-state index contributed by atoms with van der Waals surface area (Å²) in [4.78, 5) is 11.4. The van der Waals surface area contributed by atoms with Crippen molar-refractivity contribution in [3.8, 4) is 0 Å². The number of rotatable bonds is 4. The number of ether oxygens (including phenoxy) is 1. The van der Waals surface area contributed by atoms with Crippen molar-refractivity contribution >= 4 is 28.1 Å². The fraction of sp³-hybridized carbons (Fsp3) is 0.400. The van der Waals surface area contributed by atoms with Crippen LogP contribution >= 0.6 is 15.9 Å². The normalized spacial score (nSPS) is 11.6. The monoisotopic (exact) mass is 325 g/mol. The molecule has 1 amide bonds. The molecule has 0 saturated heterocycles. The number of alkyl carbamates (subject to hydrolysis) is 1. The van der Waals surface area contributed by atoms with Crippen molar-refractivity contribution in [2.75, 3.05) is 6.54 Å². The lowest BCUT2D eigenvalue weighted by Gasteiger charge is -2.19. The third kappa shape index (κ3) is 7.01. The Kier molecular flexibility index (Phi) is 6.09. The highest BCUT2D eigenvalue weighted by Gasteiger charge is 2.15. The molecule has 0 heterocycles. The zero-order valence-electron chi connectivity index (χ0n) is 11.6.